The molecule has 1 aliphatic rings. The first-order chi connectivity index (χ1) is 8.26. The molecule has 1 unspecified atom stereocenters. The van der Waals surface area contributed by atoms with E-state index >= 15 is 0 Å². The minimum absolute atomic E-state index is 0.0333. The molecule has 94 valence electrons. The Bertz CT molecular complexity index is 392. The maximum Gasteiger partial charge on any atom is 0.157 e. The Morgan fingerprint density at radius 2 is 2.18 bits per heavy atom. The van der Waals surface area contributed by atoms with E-state index in [1.807, 2.05) is 6.92 Å². The van der Waals surface area contributed by atoms with Crippen LogP contribution in [-0.2, 0) is 17.7 Å². The van der Waals surface area contributed by atoms with Crippen molar-refractivity contribution in [1.82, 2.24) is 15.3 Å². The summed E-state index contributed by atoms with van der Waals surface area (Å²) in [5, 5.41) is 3.35. The zero-order chi connectivity index (χ0) is 12.3. The molecule has 17 heavy (non-hydrogen) atoms. The van der Waals surface area contributed by atoms with Crippen molar-refractivity contribution < 1.29 is 4.74 Å². The molecular weight excluding hydrogens is 214 g/mol. The Kier molecular flexibility index (Phi) is 4.07. The van der Waals surface area contributed by atoms with Gasteiger partial charge in [-0.2, -0.15) is 0 Å². The van der Waals surface area contributed by atoms with Crippen LogP contribution in [0.25, 0.3) is 0 Å². The lowest BCUT2D eigenvalue weighted by Gasteiger charge is -2.21. The third-order valence-corrected chi connectivity index (χ3v) is 3.19. The van der Waals surface area contributed by atoms with Crippen LogP contribution in [0.5, 0.6) is 0 Å². The Morgan fingerprint density at radius 3 is 2.88 bits per heavy atom. The van der Waals surface area contributed by atoms with Gasteiger partial charge in [-0.05, 0) is 38.8 Å². The van der Waals surface area contributed by atoms with E-state index in [0.29, 0.717) is 6.61 Å². The normalized spacial score (nSPS) is 16.6. The molecule has 0 aliphatic carbocycles. The van der Waals surface area contributed by atoms with Crippen LogP contribution in [0.1, 0.15) is 49.1 Å². The summed E-state index contributed by atoms with van der Waals surface area (Å²) in [6.45, 7) is 8.78. The molecule has 4 nitrogen and oxygen atoms in total. The third kappa shape index (κ3) is 2.64. The van der Waals surface area contributed by atoms with Gasteiger partial charge in [0.05, 0.1) is 5.69 Å². The number of ether oxygens (including phenoxy) is 1. The van der Waals surface area contributed by atoms with E-state index in [2.05, 4.69) is 29.1 Å². The predicted molar refractivity (Wildman–Crippen MR) is 66.8 cm³/mol. The van der Waals surface area contributed by atoms with Crippen molar-refractivity contribution >= 4 is 0 Å². The summed E-state index contributed by atoms with van der Waals surface area (Å²) >= 11 is 0. The number of rotatable bonds is 4. The highest BCUT2D eigenvalue weighted by atomic mass is 16.5. The second kappa shape index (κ2) is 5.56. The van der Waals surface area contributed by atoms with E-state index in [0.717, 1.165) is 43.1 Å². The second-order valence-corrected chi connectivity index (χ2v) is 4.37. The first kappa shape index (κ1) is 12.5. The fourth-order valence-corrected chi connectivity index (χ4v) is 2.29. The number of aromatic nitrogens is 2. The molecular formula is C13H21N3O. The van der Waals surface area contributed by atoms with Gasteiger partial charge in [-0.25, -0.2) is 9.97 Å². The Morgan fingerprint density at radius 1 is 1.35 bits per heavy atom. The van der Waals surface area contributed by atoms with Crippen LogP contribution in [-0.4, -0.2) is 23.1 Å². The standard InChI is InChI=1S/C13H21N3O/c1-4-12(17-5-2)13-15-9(3)10-6-7-14-8-11(10)16-13/h12,14H,4-8H2,1-3H3. The molecule has 1 atom stereocenters. The van der Waals surface area contributed by atoms with E-state index in [1.54, 1.807) is 0 Å². The fraction of sp³-hybridized carbons (Fsp3) is 0.692. The van der Waals surface area contributed by atoms with Crippen LogP contribution < -0.4 is 5.32 Å². The first-order valence-corrected chi connectivity index (χ1v) is 6.44. The zero-order valence-corrected chi connectivity index (χ0v) is 10.9. The Labute approximate surface area is 103 Å². The van der Waals surface area contributed by atoms with Gasteiger partial charge < -0.3 is 10.1 Å². The van der Waals surface area contributed by atoms with E-state index in [-0.39, 0.29) is 6.10 Å². The number of fused-ring (bicyclic) bond motifs is 1. The van der Waals surface area contributed by atoms with E-state index in [9.17, 15) is 0 Å². The summed E-state index contributed by atoms with van der Waals surface area (Å²) in [5.74, 6) is 0.842. The van der Waals surface area contributed by atoms with E-state index in [4.69, 9.17) is 4.74 Å². The van der Waals surface area contributed by atoms with Crippen molar-refractivity contribution in [3.63, 3.8) is 0 Å². The quantitative estimate of drug-likeness (QED) is 0.866. The van der Waals surface area contributed by atoms with Crippen LogP contribution in [0.2, 0.25) is 0 Å². The van der Waals surface area contributed by atoms with Crippen molar-refractivity contribution in [2.45, 2.75) is 46.3 Å². The number of nitrogens with zero attached hydrogens (tertiary/aromatic N) is 2. The lowest BCUT2D eigenvalue weighted by atomic mass is 10.0. The van der Waals surface area contributed by atoms with Crippen LogP contribution in [0.15, 0.2) is 0 Å². The van der Waals surface area contributed by atoms with E-state index in [1.165, 1.54) is 5.56 Å². The van der Waals surface area contributed by atoms with Crippen LogP contribution in [0.3, 0.4) is 0 Å². The molecule has 2 heterocycles. The summed E-state index contributed by atoms with van der Waals surface area (Å²) in [6.07, 6.45) is 1.98. The molecule has 0 aromatic carbocycles. The summed E-state index contributed by atoms with van der Waals surface area (Å²) < 4.78 is 5.68. The molecule has 1 aromatic rings. The zero-order valence-electron chi connectivity index (χ0n) is 10.9. The smallest absolute Gasteiger partial charge is 0.157 e. The lowest BCUT2D eigenvalue weighted by Crippen LogP contribution is -2.27. The van der Waals surface area contributed by atoms with Gasteiger partial charge in [0.15, 0.2) is 5.82 Å². The van der Waals surface area contributed by atoms with Crippen molar-refractivity contribution in [1.29, 1.82) is 0 Å². The second-order valence-electron chi connectivity index (χ2n) is 4.37. The molecule has 0 saturated carbocycles. The predicted octanol–water partition coefficient (Wildman–Crippen LogP) is 1.92. The molecule has 4 heteroatoms. The molecule has 1 aromatic heterocycles. The van der Waals surface area contributed by atoms with Gasteiger partial charge in [0, 0.05) is 18.8 Å². The molecule has 0 bridgehead atoms. The van der Waals surface area contributed by atoms with Gasteiger partial charge in [0.2, 0.25) is 0 Å². The molecule has 0 radical (unpaired) electrons. The minimum Gasteiger partial charge on any atom is -0.371 e. The van der Waals surface area contributed by atoms with Gasteiger partial charge in [0.25, 0.3) is 0 Å². The number of aryl methyl sites for hydroxylation is 1. The average Bonchev–Trinajstić information content (AvgIpc) is 2.36. The highest BCUT2D eigenvalue weighted by Gasteiger charge is 2.19. The lowest BCUT2D eigenvalue weighted by molar-refractivity contribution is 0.0531. The number of hydrogen-bond donors (Lipinski definition) is 1. The topological polar surface area (TPSA) is 47.0 Å². The summed E-state index contributed by atoms with van der Waals surface area (Å²) in [7, 11) is 0. The number of hydrogen-bond acceptors (Lipinski definition) is 4. The maximum absolute atomic E-state index is 5.68. The molecule has 1 aliphatic heterocycles. The first-order valence-electron chi connectivity index (χ1n) is 6.44. The van der Waals surface area contributed by atoms with Gasteiger partial charge in [-0.3, -0.25) is 0 Å². The molecule has 0 amide bonds. The van der Waals surface area contributed by atoms with Crippen molar-refractivity contribution in [2.75, 3.05) is 13.2 Å². The monoisotopic (exact) mass is 235 g/mol. The molecule has 0 fully saturated rings. The molecule has 2 rings (SSSR count). The van der Waals surface area contributed by atoms with Crippen molar-refractivity contribution in [3.05, 3.63) is 22.8 Å². The van der Waals surface area contributed by atoms with Crippen molar-refractivity contribution in [3.8, 4) is 0 Å². The highest BCUT2D eigenvalue weighted by molar-refractivity contribution is 5.27. The number of nitrogens with one attached hydrogen (secondary N) is 1. The summed E-state index contributed by atoms with van der Waals surface area (Å²) in [4.78, 5) is 9.28. The van der Waals surface area contributed by atoms with Crippen LogP contribution in [0.4, 0.5) is 0 Å². The largest absolute Gasteiger partial charge is 0.371 e. The van der Waals surface area contributed by atoms with E-state index < -0.39 is 0 Å². The SMILES string of the molecule is CCOC(CC)c1nc(C)c2c(n1)CNCC2. The van der Waals surface area contributed by atoms with Gasteiger partial charge in [0.1, 0.15) is 6.10 Å². The third-order valence-electron chi connectivity index (χ3n) is 3.19. The van der Waals surface area contributed by atoms with Gasteiger partial charge in [-0.1, -0.05) is 6.92 Å². The van der Waals surface area contributed by atoms with Gasteiger partial charge >= 0.3 is 0 Å². The molecule has 0 saturated heterocycles. The summed E-state index contributed by atoms with van der Waals surface area (Å²) in [5.41, 5.74) is 3.58. The average molecular weight is 235 g/mol. The molecule has 1 N–H and O–H groups in total. The van der Waals surface area contributed by atoms with Crippen molar-refractivity contribution in [2.24, 2.45) is 0 Å². The van der Waals surface area contributed by atoms with Crippen LogP contribution >= 0.6 is 0 Å². The fourth-order valence-electron chi connectivity index (χ4n) is 2.29. The maximum atomic E-state index is 5.68. The van der Waals surface area contributed by atoms with Crippen LogP contribution in [0, 0.1) is 6.92 Å². The Balaban J connectivity index is 2.32. The Hall–Kier alpha value is -1.00. The highest BCUT2D eigenvalue weighted by Crippen LogP contribution is 2.21. The summed E-state index contributed by atoms with van der Waals surface area (Å²) in [6, 6.07) is 0. The minimum atomic E-state index is 0.0333. The molecule has 0 spiro atoms. The van der Waals surface area contributed by atoms with Gasteiger partial charge in [-0.15, -0.1) is 0 Å².